The molecule has 0 saturated heterocycles. The number of hydrogen-bond acceptors (Lipinski definition) is 5. The molecular formula is C27H32N2O4S. The largest absolute Gasteiger partial charge is 0.494 e. The highest BCUT2D eigenvalue weighted by molar-refractivity contribution is 7.10. The molecule has 1 atom stereocenters. The third-order valence-corrected chi connectivity index (χ3v) is 7.03. The van der Waals surface area contributed by atoms with Crippen LogP contribution in [0.4, 0.5) is 0 Å². The van der Waals surface area contributed by atoms with Crippen molar-refractivity contribution in [1.29, 1.82) is 0 Å². The van der Waals surface area contributed by atoms with E-state index in [-0.39, 0.29) is 30.8 Å². The van der Waals surface area contributed by atoms with Crippen LogP contribution in [0.25, 0.3) is 0 Å². The number of nitrogens with one attached hydrogen (secondary N) is 1. The fourth-order valence-electron chi connectivity index (χ4n) is 4.53. The van der Waals surface area contributed by atoms with Crippen LogP contribution in [0, 0.1) is 0 Å². The van der Waals surface area contributed by atoms with E-state index < -0.39 is 6.04 Å². The molecule has 1 aliphatic rings. The number of carbonyl (C=O) groups excluding carboxylic acids is 2. The summed E-state index contributed by atoms with van der Waals surface area (Å²) in [5.41, 5.74) is 0.684. The molecule has 180 valence electrons. The van der Waals surface area contributed by atoms with E-state index in [9.17, 15) is 9.59 Å². The predicted octanol–water partition coefficient (Wildman–Crippen LogP) is 5.50. The molecule has 0 radical (unpaired) electrons. The Labute approximate surface area is 204 Å². The van der Waals surface area contributed by atoms with Crippen molar-refractivity contribution in [3.63, 3.8) is 0 Å². The summed E-state index contributed by atoms with van der Waals surface area (Å²) < 4.78 is 11.5. The molecule has 2 heterocycles. The highest BCUT2D eigenvalue weighted by Crippen LogP contribution is 2.33. The van der Waals surface area contributed by atoms with Crippen molar-refractivity contribution in [2.75, 3.05) is 6.61 Å². The van der Waals surface area contributed by atoms with Crippen LogP contribution in [0.3, 0.4) is 0 Å². The Morgan fingerprint density at radius 3 is 2.65 bits per heavy atom. The number of para-hydroxylation sites is 1. The van der Waals surface area contributed by atoms with Crippen LogP contribution in [0.1, 0.15) is 61.3 Å². The molecule has 7 heteroatoms. The van der Waals surface area contributed by atoms with Crippen molar-refractivity contribution >= 4 is 23.2 Å². The second-order valence-electron chi connectivity index (χ2n) is 8.57. The molecular weight excluding hydrogens is 448 g/mol. The molecule has 1 unspecified atom stereocenters. The lowest BCUT2D eigenvalue weighted by Gasteiger charge is -2.33. The summed E-state index contributed by atoms with van der Waals surface area (Å²) in [6, 6.07) is 14.3. The van der Waals surface area contributed by atoms with Gasteiger partial charge < -0.3 is 19.4 Å². The number of amides is 2. The van der Waals surface area contributed by atoms with Crippen molar-refractivity contribution in [2.45, 2.75) is 64.1 Å². The smallest absolute Gasteiger partial charge is 0.247 e. The molecule has 3 aromatic rings. The number of furan rings is 1. The molecule has 1 saturated carbocycles. The fraction of sp³-hybridized carbons (Fsp3) is 0.407. The second-order valence-corrected chi connectivity index (χ2v) is 9.61. The van der Waals surface area contributed by atoms with Gasteiger partial charge in [-0.3, -0.25) is 9.59 Å². The van der Waals surface area contributed by atoms with Gasteiger partial charge in [0.1, 0.15) is 17.6 Å². The van der Waals surface area contributed by atoms with Gasteiger partial charge in [-0.1, -0.05) is 43.5 Å². The Kier molecular flexibility index (Phi) is 8.41. The summed E-state index contributed by atoms with van der Waals surface area (Å²) in [5, 5.41) is 5.20. The van der Waals surface area contributed by atoms with Gasteiger partial charge in [0.2, 0.25) is 11.8 Å². The van der Waals surface area contributed by atoms with Crippen LogP contribution in [-0.2, 0) is 22.6 Å². The van der Waals surface area contributed by atoms with E-state index in [0.29, 0.717) is 23.7 Å². The first kappa shape index (κ1) is 24.1. The molecule has 0 aliphatic heterocycles. The predicted molar refractivity (Wildman–Crippen MR) is 133 cm³/mol. The first-order chi connectivity index (χ1) is 16.7. The highest BCUT2D eigenvalue weighted by atomic mass is 32.1. The topological polar surface area (TPSA) is 71.8 Å². The molecule has 6 nitrogen and oxygen atoms in total. The van der Waals surface area contributed by atoms with Crippen LogP contribution in [0.2, 0.25) is 0 Å². The van der Waals surface area contributed by atoms with Gasteiger partial charge in [0, 0.05) is 16.5 Å². The van der Waals surface area contributed by atoms with Crippen molar-refractivity contribution in [1.82, 2.24) is 10.2 Å². The lowest BCUT2D eigenvalue weighted by Crippen LogP contribution is -2.47. The average Bonchev–Trinajstić information content (AvgIpc) is 3.55. The highest BCUT2D eigenvalue weighted by Gasteiger charge is 2.35. The zero-order chi connectivity index (χ0) is 23.8. The van der Waals surface area contributed by atoms with Crippen LogP contribution in [-0.4, -0.2) is 29.4 Å². The SMILES string of the molecule is CCOc1ccccc1C(C(=O)NC1CCCCC1)N(Cc1ccco1)C(=O)Cc1cccs1. The number of hydrogen-bond donors (Lipinski definition) is 1. The Morgan fingerprint density at radius 2 is 1.94 bits per heavy atom. The van der Waals surface area contributed by atoms with Crippen LogP contribution >= 0.6 is 11.3 Å². The van der Waals surface area contributed by atoms with Gasteiger partial charge in [0.25, 0.3) is 0 Å². The molecule has 1 N–H and O–H groups in total. The minimum atomic E-state index is -0.831. The Bertz CT molecular complexity index is 1040. The first-order valence-corrected chi connectivity index (χ1v) is 12.9. The molecule has 0 spiro atoms. The molecule has 34 heavy (non-hydrogen) atoms. The zero-order valence-electron chi connectivity index (χ0n) is 19.6. The molecule has 0 bridgehead atoms. The summed E-state index contributed by atoms with van der Waals surface area (Å²) in [5.74, 6) is 0.935. The van der Waals surface area contributed by atoms with Crippen molar-refractivity contribution in [3.05, 3.63) is 76.4 Å². The average molecular weight is 481 g/mol. The third-order valence-electron chi connectivity index (χ3n) is 6.16. The molecule has 2 amide bonds. The summed E-state index contributed by atoms with van der Waals surface area (Å²) in [6.07, 6.45) is 7.16. The summed E-state index contributed by atoms with van der Waals surface area (Å²) in [4.78, 5) is 30.1. The van der Waals surface area contributed by atoms with Gasteiger partial charge in [-0.25, -0.2) is 0 Å². The first-order valence-electron chi connectivity index (χ1n) is 12.0. The number of nitrogens with zero attached hydrogens (tertiary/aromatic N) is 1. The lowest BCUT2D eigenvalue weighted by atomic mass is 9.94. The number of rotatable bonds is 10. The van der Waals surface area contributed by atoms with Gasteiger partial charge in [0.15, 0.2) is 0 Å². The molecule has 1 aromatic carbocycles. The molecule has 1 fully saturated rings. The summed E-state index contributed by atoms with van der Waals surface area (Å²) >= 11 is 1.54. The molecule has 1 aliphatic carbocycles. The van der Waals surface area contributed by atoms with E-state index in [1.807, 2.05) is 54.8 Å². The normalized spacial score (nSPS) is 15.0. The quantitative estimate of drug-likeness (QED) is 0.416. The van der Waals surface area contributed by atoms with Gasteiger partial charge >= 0.3 is 0 Å². The summed E-state index contributed by atoms with van der Waals surface area (Å²) in [7, 11) is 0. The minimum absolute atomic E-state index is 0.126. The number of carbonyl (C=O) groups is 2. The van der Waals surface area contributed by atoms with E-state index in [4.69, 9.17) is 9.15 Å². The van der Waals surface area contributed by atoms with E-state index in [0.717, 1.165) is 30.6 Å². The zero-order valence-corrected chi connectivity index (χ0v) is 20.4. The number of benzene rings is 1. The minimum Gasteiger partial charge on any atom is -0.494 e. The Balaban J connectivity index is 1.71. The molecule has 2 aromatic heterocycles. The lowest BCUT2D eigenvalue weighted by molar-refractivity contribution is -0.141. The van der Waals surface area contributed by atoms with Crippen molar-refractivity contribution in [2.24, 2.45) is 0 Å². The van der Waals surface area contributed by atoms with Crippen molar-refractivity contribution < 1.29 is 18.7 Å². The second kappa shape index (κ2) is 11.9. The van der Waals surface area contributed by atoms with Crippen molar-refractivity contribution in [3.8, 4) is 5.75 Å². The van der Waals surface area contributed by atoms with Gasteiger partial charge in [-0.05, 0) is 49.4 Å². The maximum atomic E-state index is 13.9. The number of thiophene rings is 1. The standard InChI is InChI=1S/C27H32N2O4S/c1-2-32-24-15-7-6-14-23(24)26(27(31)28-20-10-4-3-5-11-20)29(19-21-12-8-16-33-21)25(30)18-22-13-9-17-34-22/h6-9,12-17,20,26H,2-5,10-11,18-19H2,1H3,(H,28,31). The van der Waals surface area contributed by atoms with Gasteiger partial charge in [0.05, 0.1) is 25.8 Å². The van der Waals surface area contributed by atoms with E-state index in [1.54, 1.807) is 17.2 Å². The number of ether oxygens (including phenoxy) is 1. The van der Waals surface area contributed by atoms with Crippen LogP contribution < -0.4 is 10.1 Å². The summed E-state index contributed by atoms with van der Waals surface area (Å²) in [6.45, 7) is 2.58. The van der Waals surface area contributed by atoms with Crippen LogP contribution in [0.5, 0.6) is 5.75 Å². The van der Waals surface area contributed by atoms with E-state index in [2.05, 4.69) is 5.32 Å². The third kappa shape index (κ3) is 6.08. The maximum Gasteiger partial charge on any atom is 0.247 e. The van der Waals surface area contributed by atoms with Gasteiger partial charge in [-0.2, -0.15) is 0 Å². The van der Waals surface area contributed by atoms with Crippen LogP contribution in [0.15, 0.2) is 64.6 Å². The van der Waals surface area contributed by atoms with E-state index in [1.165, 1.54) is 17.8 Å². The molecule has 4 rings (SSSR count). The fourth-order valence-corrected chi connectivity index (χ4v) is 5.22. The Hall–Kier alpha value is -3.06. The maximum absolute atomic E-state index is 13.9. The monoisotopic (exact) mass is 480 g/mol. The Morgan fingerprint density at radius 1 is 1.12 bits per heavy atom. The van der Waals surface area contributed by atoms with Gasteiger partial charge in [-0.15, -0.1) is 11.3 Å². The van der Waals surface area contributed by atoms with E-state index >= 15 is 0 Å².